The maximum Gasteiger partial charge on any atom is 0.256 e. The van der Waals surface area contributed by atoms with E-state index in [0.29, 0.717) is 35.1 Å². The van der Waals surface area contributed by atoms with Crippen LogP contribution in [0.2, 0.25) is 0 Å². The van der Waals surface area contributed by atoms with Crippen LogP contribution in [0.15, 0.2) is 6.20 Å². The Morgan fingerprint density at radius 1 is 1.15 bits per heavy atom. The molecule has 26 heavy (non-hydrogen) atoms. The molecule has 4 bridgehead atoms. The molecule has 0 spiro atoms. The van der Waals surface area contributed by atoms with Crippen molar-refractivity contribution < 1.29 is 9.90 Å². The average Bonchev–Trinajstić information content (AvgIpc) is 2.55. The van der Waals surface area contributed by atoms with Crippen molar-refractivity contribution in [3.8, 4) is 0 Å². The van der Waals surface area contributed by atoms with Gasteiger partial charge >= 0.3 is 0 Å². The van der Waals surface area contributed by atoms with Gasteiger partial charge in [-0.25, -0.2) is 4.98 Å². The second-order valence-electron chi connectivity index (χ2n) is 8.89. The number of aromatic nitrogens is 2. The van der Waals surface area contributed by atoms with Gasteiger partial charge in [-0.15, -0.1) is 0 Å². The molecule has 7 heteroatoms. The second-order valence-corrected chi connectivity index (χ2v) is 8.89. The van der Waals surface area contributed by atoms with E-state index in [1.807, 2.05) is 38.0 Å². The highest BCUT2D eigenvalue weighted by Gasteiger charge is 2.55. The molecule has 2 N–H and O–H groups in total. The summed E-state index contributed by atoms with van der Waals surface area (Å²) in [6, 6.07) is 0.155. The lowest BCUT2D eigenvalue weighted by Gasteiger charge is -2.58. The first kappa shape index (κ1) is 17.5. The third-order valence-corrected chi connectivity index (χ3v) is 6.36. The number of amides is 1. The first-order valence-electron chi connectivity index (χ1n) is 9.51. The van der Waals surface area contributed by atoms with Crippen LogP contribution in [0.4, 0.5) is 11.8 Å². The largest absolute Gasteiger partial charge is 0.390 e. The van der Waals surface area contributed by atoms with Crippen LogP contribution in [0.5, 0.6) is 0 Å². The van der Waals surface area contributed by atoms with Gasteiger partial charge in [-0.1, -0.05) is 0 Å². The van der Waals surface area contributed by atoms with Gasteiger partial charge in [0, 0.05) is 40.4 Å². The van der Waals surface area contributed by atoms with E-state index < -0.39 is 5.60 Å². The topological polar surface area (TPSA) is 81.6 Å². The van der Waals surface area contributed by atoms with Gasteiger partial charge in [0.25, 0.3) is 5.91 Å². The lowest BCUT2D eigenvalue weighted by Crippen LogP contribution is -2.61. The first-order chi connectivity index (χ1) is 12.3. The summed E-state index contributed by atoms with van der Waals surface area (Å²) in [6.45, 7) is 0. The van der Waals surface area contributed by atoms with Crippen molar-refractivity contribution in [3.63, 3.8) is 0 Å². The molecule has 4 fully saturated rings. The zero-order chi connectivity index (χ0) is 18.6. The van der Waals surface area contributed by atoms with E-state index in [0.717, 1.165) is 32.1 Å². The molecule has 0 radical (unpaired) electrons. The van der Waals surface area contributed by atoms with Crippen LogP contribution in [0, 0.1) is 17.8 Å². The summed E-state index contributed by atoms with van der Waals surface area (Å²) in [5.74, 6) is 2.51. The number of carbonyl (C=O) groups excluding carboxylic acids is 1. The number of hydrogen-bond donors (Lipinski definition) is 2. The Kier molecular flexibility index (Phi) is 4.10. The molecule has 1 aromatic rings. The molecular formula is C19H29N5O2. The highest BCUT2D eigenvalue weighted by Crippen LogP contribution is 2.55. The molecule has 5 rings (SSSR count). The summed E-state index contributed by atoms with van der Waals surface area (Å²) >= 11 is 0. The minimum atomic E-state index is -0.483. The van der Waals surface area contributed by atoms with Crippen molar-refractivity contribution >= 4 is 17.7 Å². The maximum atomic E-state index is 13.0. The van der Waals surface area contributed by atoms with Crippen LogP contribution in [0.1, 0.15) is 42.5 Å². The standard InChI is InChI=1S/C19H29N5O2/c1-23(2)16-14(10-20-18(22-16)24(3)4)17(25)21-15-12-5-11-6-13(15)9-19(26,7-11)8-12/h10-13,15,26H,5-9H2,1-4H3,(H,21,25). The van der Waals surface area contributed by atoms with Gasteiger partial charge in [-0.05, 0) is 49.9 Å². The molecule has 7 nitrogen and oxygen atoms in total. The number of aliphatic hydroxyl groups is 1. The molecule has 1 aromatic heterocycles. The van der Waals surface area contributed by atoms with Gasteiger partial charge in [0.15, 0.2) is 0 Å². The third-order valence-electron chi connectivity index (χ3n) is 6.36. The van der Waals surface area contributed by atoms with E-state index in [-0.39, 0.29) is 11.9 Å². The Morgan fingerprint density at radius 2 is 1.81 bits per heavy atom. The number of hydrogen-bond acceptors (Lipinski definition) is 6. The van der Waals surface area contributed by atoms with Crippen molar-refractivity contribution in [1.82, 2.24) is 15.3 Å². The van der Waals surface area contributed by atoms with Crippen molar-refractivity contribution in [1.29, 1.82) is 0 Å². The quantitative estimate of drug-likeness (QED) is 0.843. The molecule has 4 aliphatic carbocycles. The van der Waals surface area contributed by atoms with Crippen molar-refractivity contribution in [2.24, 2.45) is 17.8 Å². The predicted molar refractivity (Wildman–Crippen MR) is 100 cm³/mol. The van der Waals surface area contributed by atoms with Gasteiger partial charge in [-0.2, -0.15) is 4.98 Å². The zero-order valence-electron chi connectivity index (χ0n) is 16.1. The summed E-state index contributed by atoms with van der Waals surface area (Å²) in [5.41, 5.74) is 0.0244. The number of rotatable bonds is 4. The fraction of sp³-hybridized carbons (Fsp3) is 0.737. The smallest absolute Gasteiger partial charge is 0.256 e. The molecular weight excluding hydrogens is 330 g/mol. The van der Waals surface area contributed by atoms with Crippen LogP contribution in [-0.2, 0) is 0 Å². The Morgan fingerprint density at radius 3 is 2.35 bits per heavy atom. The second kappa shape index (κ2) is 6.08. The SMILES string of the molecule is CN(C)c1ncc(C(=O)NC2C3CC4CC2CC(O)(C4)C3)c(N(C)C)n1. The first-order valence-corrected chi connectivity index (χ1v) is 9.51. The predicted octanol–water partition coefficient (Wildman–Crippen LogP) is 1.28. The normalized spacial score (nSPS) is 34.7. The minimum Gasteiger partial charge on any atom is -0.390 e. The van der Waals surface area contributed by atoms with Crippen molar-refractivity contribution in [2.75, 3.05) is 38.0 Å². The summed E-state index contributed by atoms with van der Waals surface area (Å²) in [5, 5.41) is 14.0. The molecule has 4 aliphatic rings. The van der Waals surface area contributed by atoms with E-state index in [4.69, 9.17) is 0 Å². The molecule has 2 atom stereocenters. The fourth-order valence-corrected chi connectivity index (χ4v) is 5.53. The van der Waals surface area contributed by atoms with E-state index in [2.05, 4.69) is 15.3 Å². The highest BCUT2D eigenvalue weighted by molar-refractivity contribution is 5.99. The van der Waals surface area contributed by atoms with E-state index >= 15 is 0 Å². The average molecular weight is 359 g/mol. The van der Waals surface area contributed by atoms with Crippen LogP contribution >= 0.6 is 0 Å². The summed E-state index contributed by atoms with van der Waals surface area (Å²) in [6.07, 6.45) is 6.46. The van der Waals surface area contributed by atoms with Crippen LogP contribution in [-0.4, -0.2) is 60.8 Å². The Hall–Kier alpha value is -1.89. The molecule has 0 aromatic carbocycles. The van der Waals surface area contributed by atoms with Crippen molar-refractivity contribution in [2.45, 2.75) is 43.7 Å². The van der Waals surface area contributed by atoms with Gasteiger partial charge in [-0.3, -0.25) is 4.79 Å². The summed E-state index contributed by atoms with van der Waals surface area (Å²) in [4.78, 5) is 25.6. The third kappa shape index (κ3) is 2.92. The summed E-state index contributed by atoms with van der Waals surface area (Å²) in [7, 11) is 7.54. The van der Waals surface area contributed by atoms with E-state index in [1.165, 1.54) is 0 Å². The fourth-order valence-electron chi connectivity index (χ4n) is 5.53. The van der Waals surface area contributed by atoms with E-state index in [9.17, 15) is 9.90 Å². The number of nitrogens with zero attached hydrogens (tertiary/aromatic N) is 4. The molecule has 1 amide bonds. The Balaban J connectivity index is 1.56. The highest BCUT2D eigenvalue weighted by atomic mass is 16.3. The van der Waals surface area contributed by atoms with Crippen LogP contribution in [0.25, 0.3) is 0 Å². The minimum absolute atomic E-state index is 0.108. The van der Waals surface area contributed by atoms with Crippen LogP contribution in [0.3, 0.4) is 0 Å². The molecule has 1 heterocycles. The molecule has 2 unspecified atom stereocenters. The Bertz CT molecular complexity index is 704. The maximum absolute atomic E-state index is 13.0. The van der Waals surface area contributed by atoms with Crippen LogP contribution < -0.4 is 15.1 Å². The molecule has 0 saturated heterocycles. The molecule has 4 saturated carbocycles. The van der Waals surface area contributed by atoms with Gasteiger partial charge in [0.05, 0.1) is 5.60 Å². The van der Waals surface area contributed by atoms with Gasteiger partial charge in [0.1, 0.15) is 11.4 Å². The number of carbonyl (C=O) groups is 1. The molecule has 0 aliphatic heterocycles. The van der Waals surface area contributed by atoms with Gasteiger partial charge in [0.2, 0.25) is 5.95 Å². The zero-order valence-corrected chi connectivity index (χ0v) is 16.1. The van der Waals surface area contributed by atoms with Crippen molar-refractivity contribution in [3.05, 3.63) is 11.8 Å². The molecule has 142 valence electrons. The number of nitrogens with one attached hydrogen (secondary N) is 1. The summed E-state index contributed by atoms with van der Waals surface area (Å²) < 4.78 is 0. The van der Waals surface area contributed by atoms with E-state index in [1.54, 1.807) is 6.20 Å². The Labute approximate surface area is 154 Å². The lowest BCUT2D eigenvalue weighted by molar-refractivity contribution is -0.136. The van der Waals surface area contributed by atoms with Gasteiger partial charge < -0.3 is 20.2 Å². The number of anilines is 2. The lowest BCUT2D eigenvalue weighted by atomic mass is 9.52. The monoisotopic (exact) mass is 359 g/mol.